The minimum atomic E-state index is 0.0716. The summed E-state index contributed by atoms with van der Waals surface area (Å²) in [5.74, 6) is 2.52. The van der Waals surface area contributed by atoms with Crippen molar-refractivity contribution in [2.75, 3.05) is 19.9 Å². The minimum absolute atomic E-state index is 0.0716. The van der Waals surface area contributed by atoms with Gasteiger partial charge in [-0.3, -0.25) is 4.79 Å². The van der Waals surface area contributed by atoms with Crippen molar-refractivity contribution in [3.63, 3.8) is 0 Å². The number of ether oxygens (including phenoxy) is 3. The monoisotopic (exact) mass is 341 g/mol. The van der Waals surface area contributed by atoms with Crippen LogP contribution in [0.4, 0.5) is 0 Å². The van der Waals surface area contributed by atoms with Crippen LogP contribution in [0.3, 0.4) is 0 Å². The van der Waals surface area contributed by atoms with Crippen LogP contribution in [0.25, 0.3) is 0 Å². The van der Waals surface area contributed by atoms with E-state index in [0.29, 0.717) is 32.8 Å². The molecule has 2 aromatic rings. The summed E-state index contributed by atoms with van der Waals surface area (Å²) in [4.78, 5) is 11.8. The molecule has 1 N–H and O–H groups in total. The van der Waals surface area contributed by atoms with Gasteiger partial charge in [-0.15, -0.1) is 0 Å². The fourth-order valence-electron chi connectivity index (χ4n) is 2.64. The summed E-state index contributed by atoms with van der Waals surface area (Å²) in [6, 6.07) is 15.6. The van der Waals surface area contributed by atoms with Crippen molar-refractivity contribution in [3.05, 3.63) is 54.1 Å². The van der Waals surface area contributed by atoms with Gasteiger partial charge in [-0.25, -0.2) is 0 Å². The van der Waals surface area contributed by atoms with Crippen LogP contribution in [0.15, 0.2) is 48.5 Å². The average molecular weight is 341 g/mol. The van der Waals surface area contributed by atoms with Crippen LogP contribution in [0.1, 0.15) is 24.8 Å². The highest BCUT2D eigenvalue weighted by Crippen LogP contribution is 2.32. The van der Waals surface area contributed by atoms with Crippen LogP contribution in [-0.4, -0.2) is 25.9 Å². The number of para-hydroxylation sites is 1. The number of hydrogen-bond acceptors (Lipinski definition) is 4. The molecule has 3 rings (SSSR count). The predicted octanol–water partition coefficient (Wildman–Crippen LogP) is 3.32. The third-order valence-electron chi connectivity index (χ3n) is 3.96. The molecule has 0 spiro atoms. The topological polar surface area (TPSA) is 56.8 Å². The van der Waals surface area contributed by atoms with Gasteiger partial charge < -0.3 is 19.5 Å². The molecule has 1 aliphatic rings. The van der Waals surface area contributed by atoms with Crippen LogP contribution in [0.5, 0.6) is 17.2 Å². The Morgan fingerprint density at radius 3 is 2.76 bits per heavy atom. The quantitative estimate of drug-likeness (QED) is 0.711. The zero-order valence-corrected chi connectivity index (χ0v) is 14.2. The van der Waals surface area contributed by atoms with Gasteiger partial charge >= 0.3 is 0 Å². The van der Waals surface area contributed by atoms with Gasteiger partial charge in [0.05, 0.1) is 6.61 Å². The minimum Gasteiger partial charge on any atom is -0.494 e. The lowest BCUT2D eigenvalue weighted by atomic mass is 10.1. The number of amides is 1. The third kappa shape index (κ3) is 5.41. The maximum absolute atomic E-state index is 11.8. The second-order valence-electron chi connectivity index (χ2n) is 5.91. The first-order chi connectivity index (χ1) is 12.3. The molecule has 0 atom stereocenters. The van der Waals surface area contributed by atoms with E-state index in [1.54, 1.807) is 0 Å². The molecule has 2 aromatic carbocycles. The first-order valence-corrected chi connectivity index (χ1v) is 8.64. The van der Waals surface area contributed by atoms with Crippen LogP contribution in [0, 0.1) is 0 Å². The Bertz CT molecular complexity index is 687. The van der Waals surface area contributed by atoms with Crippen molar-refractivity contribution < 1.29 is 19.0 Å². The fourth-order valence-corrected chi connectivity index (χ4v) is 2.64. The molecule has 132 valence electrons. The molecule has 5 heteroatoms. The zero-order chi connectivity index (χ0) is 17.3. The molecule has 0 unspecified atom stereocenters. The summed E-state index contributed by atoms with van der Waals surface area (Å²) in [6.45, 7) is 1.52. The van der Waals surface area contributed by atoms with Gasteiger partial charge in [-0.2, -0.15) is 0 Å². The second kappa shape index (κ2) is 8.97. The number of hydrogen-bond donors (Lipinski definition) is 1. The van der Waals surface area contributed by atoms with E-state index in [0.717, 1.165) is 30.1 Å². The lowest BCUT2D eigenvalue weighted by Gasteiger charge is -2.07. The van der Waals surface area contributed by atoms with Crippen molar-refractivity contribution in [2.45, 2.75) is 25.7 Å². The highest BCUT2D eigenvalue weighted by atomic mass is 16.7. The molecule has 0 aliphatic carbocycles. The molecule has 5 nitrogen and oxygen atoms in total. The summed E-state index contributed by atoms with van der Waals surface area (Å²) < 4.78 is 16.2. The Morgan fingerprint density at radius 1 is 1.04 bits per heavy atom. The molecular weight excluding hydrogens is 318 g/mol. The van der Waals surface area contributed by atoms with Crippen LogP contribution in [-0.2, 0) is 11.2 Å². The van der Waals surface area contributed by atoms with Crippen molar-refractivity contribution >= 4 is 5.91 Å². The fraction of sp³-hybridized carbons (Fsp3) is 0.350. The molecule has 0 saturated heterocycles. The molecule has 0 radical (unpaired) electrons. The summed E-state index contributed by atoms with van der Waals surface area (Å²) in [5, 5.41) is 2.95. The first kappa shape index (κ1) is 17.1. The molecule has 0 saturated carbocycles. The molecular formula is C20H23NO4. The standard InChI is InChI=1S/C20H23NO4/c22-20(9-5-13-23-17-7-2-1-3-8-17)21-12-4-6-16-10-11-18-19(14-16)25-15-24-18/h1-3,7-8,10-11,14H,4-6,9,12-13,15H2,(H,21,22). The van der Waals surface area contributed by atoms with Gasteiger partial charge in [0, 0.05) is 13.0 Å². The maximum Gasteiger partial charge on any atom is 0.231 e. The van der Waals surface area contributed by atoms with E-state index in [2.05, 4.69) is 5.32 Å². The van der Waals surface area contributed by atoms with E-state index in [-0.39, 0.29) is 5.91 Å². The molecule has 1 aliphatic heterocycles. The summed E-state index contributed by atoms with van der Waals surface area (Å²) in [6.07, 6.45) is 2.99. The van der Waals surface area contributed by atoms with Gasteiger partial charge in [-0.1, -0.05) is 24.3 Å². The molecule has 0 aromatic heterocycles. The van der Waals surface area contributed by atoms with Gasteiger partial charge in [-0.05, 0) is 49.1 Å². The van der Waals surface area contributed by atoms with Crippen LogP contribution < -0.4 is 19.5 Å². The van der Waals surface area contributed by atoms with E-state index in [9.17, 15) is 4.79 Å². The Labute approximate surface area is 147 Å². The number of aryl methyl sites for hydroxylation is 1. The van der Waals surface area contributed by atoms with E-state index < -0.39 is 0 Å². The SMILES string of the molecule is O=C(CCCOc1ccccc1)NCCCc1ccc2c(c1)OCO2. The molecule has 1 amide bonds. The Hall–Kier alpha value is -2.69. The Morgan fingerprint density at radius 2 is 1.88 bits per heavy atom. The van der Waals surface area contributed by atoms with Crippen LogP contribution in [0.2, 0.25) is 0 Å². The number of fused-ring (bicyclic) bond motifs is 1. The lowest BCUT2D eigenvalue weighted by molar-refractivity contribution is -0.121. The summed E-state index contributed by atoms with van der Waals surface area (Å²) in [7, 11) is 0. The largest absolute Gasteiger partial charge is 0.494 e. The highest BCUT2D eigenvalue weighted by Gasteiger charge is 2.12. The maximum atomic E-state index is 11.8. The number of carbonyl (C=O) groups excluding carboxylic acids is 1. The van der Waals surface area contributed by atoms with Crippen molar-refractivity contribution in [3.8, 4) is 17.2 Å². The van der Waals surface area contributed by atoms with Gasteiger partial charge in [0.25, 0.3) is 0 Å². The van der Waals surface area contributed by atoms with Gasteiger partial charge in [0.1, 0.15) is 5.75 Å². The van der Waals surface area contributed by atoms with Crippen molar-refractivity contribution in [2.24, 2.45) is 0 Å². The predicted molar refractivity (Wildman–Crippen MR) is 95.1 cm³/mol. The van der Waals surface area contributed by atoms with E-state index in [4.69, 9.17) is 14.2 Å². The van der Waals surface area contributed by atoms with Gasteiger partial charge in [0.2, 0.25) is 12.7 Å². The van der Waals surface area contributed by atoms with E-state index in [1.165, 1.54) is 5.56 Å². The highest BCUT2D eigenvalue weighted by molar-refractivity contribution is 5.75. The van der Waals surface area contributed by atoms with Crippen LogP contribution >= 0.6 is 0 Å². The molecule has 25 heavy (non-hydrogen) atoms. The number of rotatable bonds is 9. The summed E-state index contributed by atoms with van der Waals surface area (Å²) >= 11 is 0. The first-order valence-electron chi connectivity index (χ1n) is 8.64. The number of benzene rings is 2. The Balaban J connectivity index is 1.25. The van der Waals surface area contributed by atoms with Crippen molar-refractivity contribution in [1.82, 2.24) is 5.32 Å². The number of nitrogens with one attached hydrogen (secondary N) is 1. The van der Waals surface area contributed by atoms with E-state index in [1.807, 2.05) is 48.5 Å². The van der Waals surface area contributed by atoms with Crippen molar-refractivity contribution in [1.29, 1.82) is 0 Å². The molecule has 0 bridgehead atoms. The normalized spacial score (nSPS) is 12.0. The molecule has 1 heterocycles. The van der Waals surface area contributed by atoms with Gasteiger partial charge in [0.15, 0.2) is 11.5 Å². The smallest absolute Gasteiger partial charge is 0.231 e. The average Bonchev–Trinajstić information content (AvgIpc) is 3.11. The Kier molecular flexibility index (Phi) is 6.15. The van der Waals surface area contributed by atoms with E-state index >= 15 is 0 Å². The zero-order valence-electron chi connectivity index (χ0n) is 14.2. The third-order valence-corrected chi connectivity index (χ3v) is 3.96. The second-order valence-corrected chi connectivity index (χ2v) is 5.91. The molecule has 0 fully saturated rings. The summed E-state index contributed by atoms with van der Waals surface area (Å²) in [5.41, 5.74) is 1.19. The lowest BCUT2D eigenvalue weighted by Crippen LogP contribution is -2.24. The number of carbonyl (C=O) groups is 1.